The molecule has 43 heavy (non-hydrogen) atoms. The van der Waals surface area contributed by atoms with Gasteiger partial charge in [-0.3, -0.25) is 0 Å². The zero-order valence-corrected chi connectivity index (χ0v) is 24.7. The molecule has 6 aromatic carbocycles. The molecule has 208 valence electrons. The molecule has 0 saturated heterocycles. The molecule has 2 nitrogen and oxygen atoms in total. The van der Waals surface area contributed by atoms with Crippen molar-refractivity contribution in [1.82, 2.24) is 0 Å². The van der Waals surface area contributed by atoms with E-state index in [2.05, 4.69) is 50.2 Å². The summed E-state index contributed by atoms with van der Waals surface area (Å²) in [5, 5.41) is 15.8. The van der Waals surface area contributed by atoms with E-state index in [9.17, 15) is 5.11 Å². The van der Waals surface area contributed by atoms with Crippen LogP contribution in [0.3, 0.4) is 0 Å². The van der Waals surface area contributed by atoms with Gasteiger partial charge in [0.25, 0.3) is 0 Å². The molecule has 0 atom stereocenters. The molecule has 0 unspecified atom stereocenters. The van der Waals surface area contributed by atoms with E-state index < -0.39 is 5.60 Å². The van der Waals surface area contributed by atoms with Crippen molar-refractivity contribution >= 4 is 33.5 Å². The first-order chi connectivity index (χ1) is 20.9. The molecular weight excluding hydrogens is 548 g/mol. The lowest BCUT2D eigenvalue weighted by Crippen LogP contribution is -2.29. The van der Waals surface area contributed by atoms with Gasteiger partial charge >= 0.3 is 0 Å². The number of benzene rings is 6. The minimum absolute atomic E-state index is 0.291. The molecule has 1 heterocycles. The topological polar surface area (TPSA) is 33.4 Å². The fourth-order valence-corrected chi connectivity index (χ4v) is 7.31. The molecule has 0 fully saturated rings. The van der Waals surface area contributed by atoms with Crippen molar-refractivity contribution in [3.63, 3.8) is 0 Å². The lowest BCUT2D eigenvalue weighted by molar-refractivity contribution is 0.126. The Morgan fingerprint density at radius 3 is 1.98 bits per heavy atom. The first kappa shape index (κ1) is 26.0. The predicted molar refractivity (Wildman–Crippen MR) is 177 cm³/mol. The molecule has 7 aromatic rings. The Labute approximate surface area is 255 Å². The fourth-order valence-electron chi connectivity index (χ4n) is 7.14. The van der Waals surface area contributed by atoms with Gasteiger partial charge in [0.15, 0.2) is 0 Å². The number of halogens is 1. The quantitative estimate of drug-likeness (QED) is 0.211. The monoisotopic (exact) mass is 576 g/mol. The molecular formula is C40H29ClO2. The maximum atomic E-state index is 12.9. The predicted octanol–water partition coefficient (Wildman–Crippen LogP) is 10.5. The highest BCUT2D eigenvalue weighted by Gasteiger charge is 2.40. The molecule has 1 N–H and O–H groups in total. The second-order valence-electron chi connectivity index (χ2n) is 12.0. The number of fused-ring (bicyclic) bond motifs is 7. The van der Waals surface area contributed by atoms with Crippen molar-refractivity contribution < 1.29 is 9.52 Å². The summed E-state index contributed by atoms with van der Waals surface area (Å²) in [7, 11) is 0. The van der Waals surface area contributed by atoms with Crippen LogP contribution in [0.25, 0.3) is 44.2 Å². The average molecular weight is 577 g/mol. The summed E-state index contributed by atoms with van der Waals surface area (Å²) in [5.74, 6) is 0. The maximum absolute atomic E-state index is 12.9. The van der Waals surface area contributed by atoms with Crippen LogP contribution in [0.15, 0.2) is 138 Å². The summed E-state index contributed by atoms with van der Waals surface area (Å²) in [5.41, 5.74) is 9.05. The number of hydrogen-bond donors (Lipinski definition) is 1. The molecule has 1 aromatic heterocycles. The first-order valence-corrected chi connectivity index (χ1v) is 15.0. The third-order valence-electron chi connectivity index (χ3n) is 9.24. The minimum atomic E-state index is -1.40. The van der Waals surface area contributed by atoms with Crippen LogP contribution in [0.4, 0.5) is 0 Å². The molecule has 0 radical (unpaired) electrons. The molecule has 3 heteroatoms. The Kier molecular flexibility index (Phi) is 5.71. The third-order valence-corrected chi connectivity index (χ3v) is 9.47. The molecule has 0 bridgehead atoms. The van der Waals surface area contributed by atoms with E-state index >= 15 is 0 Å². The summed E-state index contributed by atoms with van der Waals surface area (Å²) in [6.07, 6.45) is 0. The largest absolute Gasteiger partial charge is 0.455 e. The van der Waals surface area contributed by atoms with Crippen molar-refractivity contribution in [2.24, 2.45) is 0 Å². The van der Waals surface area contributed by atoms with Crippen LogP contribution in [-0.4, -0.2) is 5.11 Å². The Morgan fingerprint density at radius 2 is 1.26 bits per heavy atom. The van der Waals surface area contributed by atoms with Crippen molar-refractivity contribution in [3.8, 4) is 22.3 Å². The van der Waals surface area contributed by atoms with E-state index in [0.717, 1.165) is 54.8 Å². The summed E-state index contributed by atoms with van der Waals surface area (Å²) in [4.78, 5) is 0. The number of para-hydroxylation sites is 1. The second-order valence-corrected chi connectivity index (χ2v) is 12.4. The summed E-state index contributed by atoms with van der Waals surface area (Å²) < 4.78 is 6.74. The number of aliphatic hydroxyl groups is 1. The molecule has 0 saturated carbocycles. The van der Waals surface area contributed by atoms with Gasteiger partial charge in [0, 0.05) is 32.3 Å². The van der Waals surface area contributed by atoms with Crippen molar-refractivity contribution in [3.05, 3.63) is 166 Å². The van der Waals surface area contributed by atoms with Crippen LogP contribution in [0, 0.1) is 0 Å². The van der Waals surface area contributed by atoms with E-state index in [1.54, 1.807) is 0 Å². The maximum Gasteiger partial charge on any atom is 0.143 e. The smallest absolute Gasteiger partial charge is 0.143 e. The van der Waals surface area contributed by atoms with Crippen LogP contribution in [0.2, 0.25) is 5.02 Å². The van der Waals surface area contributed by atoms with Crippen LogP contribution in [-0.2, 0) is 11.0 Å². The van der Waals surface area contributed by atoms with Crippen LogP contribution in [0.1, 0.15) is 41.7 Å². The zero-order valence-electron chi connectivity index (χ0n) is 23.9. The van der Waals surface area contributed by atoms with Gasteiger partial charge < -0.3 is 9.52 Å². The molecule has 1 aliphatic carbocycles. The van der Waals surface area contributed by atoms with E-state index in [1.165, 1.54) is 22.3 Å². The molecule has 1 aliphatic rings. The van der Waals surface area contributed by atoms with Gasteiger partial charge in [-0.25, -0.2) is 0 Å². The van der Waals surface area contributed by atoms with Gasteiger partial charge in [0.1, 0.15) is 16.8 Å². The molecule has 0 spiro atoms. The SMILES string of the molecule is CC1(C)c2cc(Cl)ccc2-c2c1cc(-c1ccccc1C(O)(c1ccccc1)c1ccccc1)c1oc3ccccc3c21. The van der Waals surface area contributed by atoms with Crippen molar-refractivity contribution in [1.29, 1.82) is 0 Å². The van der Waals surface area contributed by atoms with Gasteiger partial charge in [-0.1, -0.05) is 135 Å². The van der Waals surface area contributed by atoms with Gasteiger partial charge in [-0.2, -0.15) is 0 Å². The first-order valence-electron chi connectivity index (χ1n) is 14.6. The van der Waals surface area contributed by atoms with Gasteiger partial charge in [-0.15, -0.1) is 0 Å². The average Bonchev–Trinajstić information content (AvgIpc) is 3.53. The summed E-state index contributed by atoms with van der Waals surface area (Å²) in [6, 6.07) is 44.8. The van der Waals surface area contributed by atoms with Crippen LogP contribution < -0.4 is 0 Å². The molecule has 8 rings (SSSR count). The zero-order chi connectivity index (χ0) is 29.3. The van der Waals surface area contributed by atoms with Crippen LogP contribution >= 0.6 is 11.6 Å². The minimum Gasteiger partial charge on any atom is -0.455 e. The van der Waals surface area contributed by atoms with Gasteiger partial charge in [-0.05, 0) is 63.2 Å². The van der Waals surface area contributed by atoms with E-state index in [4.69, 9.17) is 16.0 Å². The third kappa shape index (κ3) is 3.70. The Balaban J connectivity index is 1.50. The summed E-state index contributed by atoms with van der Waals surface area (Å²) in [6.45, 7) is 4.53. The molecule has 0 amide bonds. The van der Waals surface area contributed by atoms with Gasteiger partial charge in [0.2, 0.25) is 0 Å². The Morgan fingerprint density at radius 1 is 0.628 bits per heavy atom. The number of rotatable bonds is 4. The van der Waals surface area contributed by atoms with E-state index in [0.29, 0.717) is 0 Å². The number of hydrogen-bond acceptors (Lipinski definition) is 2. The van der Waals surface area contributed by atoms with E-state index in [-0.39, 0.29) is 5.41 Å². The van der Waals surface area contributed by atoms with Crippen molar-refractivity contribution in [2.45, 2.75) is 24.9 Å². The highest BCUT2D eigenvalue weighted by atomic mass is 35.5. The Hall–Kier alpha value is -4.63. The highest BCUT2D eigenvalue weighted by Crippen LogP contribution is 2.56. The normalized spacial score (nSPS) is 13.8. The van der Waals surface area contributed by atoms with E-state index in [1.807, 2.05) is 97.1 Å². The lowest BCUT2D eigenvalue weighted by atomic mass is 9.76. The van der Waals surface area contributed by atoms with Crippen molar-refractivity contribution in [2.75, 3.05) is 0 Å². The lowest BCUT2D eigenvalue weighted by Gasteiger charge is -2.32. The Bertz CT molecular complexity index is 2130. The number of furan rings is 1. The molecule has 0 aliphatic heterocycles. The highest BCUT2D eigenvalue weighted by molar-refractivity contribution is 6.31. The van der Waals surface area contributed by atoms with Crippen LogP contribution in [0.5, 0.6) is 0 Å². The van der Waals surface area contributed by atoms with Gasteiger partial charge in [0.05, 0.1) is 0 Å². The second kappa shape index (κ2) is 9.44. The standard InChI is InChI=1S/C40H29ClO2/c1-39(2)33-23-27(41)21-22-29(33)36-34(39)24-31(38-37(36)30-18-10-12-20-35(30)43-38)28-17-9-11-19-32(28)40(42,25-13-5-3-6-14-25)26-15-7-4-8-16-26/h3-24,42H,1-2H3. The summed E-state index contributed by atoms with van der Waals surface area (Å²) >= 11 is 6.55. The fraction of sp³-hybridized carbons (Fsp3) is 0.100.